The van der Waals surface area contributed by atoms with Gasteiger partial charge in [-0.15, -0.1) is 0 Å². The molecule has 0 bridgehead atoms. The Morgan fingerprint density at radius 2 is 2.00 bits per heavy atom. The first-order valence-corrected chi connectivity index (χ1v) is 5.27. The van der Waals surface area contributed by atoms with Crippen LogP contribution in [0.2, 0.25) is 0 Å². The average Bonchev–Trinajstić information content (AvgIpc) is 2.18. The molecule has 0 aromatic carbocycles. The third-order valence-corrected chi connectivity index (χ3v) is 2.00. The lowest BCUT2D eigenvalue weighted by Gasteiger charge is -2.16. The molecule has 0 rings (SSSR count). The van der Waals surface area contributed by atoms with E-state index in [1.807, 2.05) is 14.0 Å². The summed E-state index contributed by atoms with van der Waals surface area (Å²) in [4.78, 5) is 24.1. The second kappa shape index (κ2) is 8.23. The van der Waals surface area contributed by atoms with Crippen molar-refractivity contribution in [3.63, 3.8) is 0 Å². The number of carbonyl (C=O) groups is 2. The standard InChI is InChI=1S/C10H21N3O2/c1-4-12-9(14)8-13(3)10(15)6-5-7-11-2/h11H,4-8H2,1-3H3,(H,12,14). The first-order valence-electron chi connectivity index (χ1n) is 5.27. The fraction of sp³-hybridized carbons (Fsp3) is 0.800. The van der Waals surface area contributed by atoms with E-state index in [1.165, 1.54) is 4.90 Å². The van der Waals surface area contributed by atoms with Gasteiger partial charge in [-0.3, -0.25) is 9.59 Å². The lowest BCUT2D eigenvalue weighted by molar-refractivity contribution is -0.134. The first kappa shape index (κ1) is 13.9. The molecule has 0 aliphatic rings. The molecule has 0 aromatic heterocycles. The Bertz CT molecular complexity index is 207. The van der Waals surface area contributed by atoms with Gasteiger partial charge in [-0.1, -0.05) is 0 Å². The van der Waals surface area contributed by atoms with Gasteiger partial charge in [0.15, 0.2) is 0 Å². The predicted octanol–water partition coefficient (Wildman–Crippen LogP) is -0.419. The molecule has 2 N–H and O–H groups in total. The van der Waals surface area contributed by atoms with Crippen LogP contribution in [0.5, 0.6) is 0 Å². The largest absolute Gasteiger partial charge is 0.355 e. The SMILES string of the molecule is CCNC(=O)CN(C)C(=O)CCCNC. The molecule has 0 spiro atoms. The van der Waals surface area contributed by atoms with Gasteiger partial charge in [0.05, 0.1) is 6.54 Å². The van der Waals surface area contributed by atoms with E-state index in [0.29, 0.717) is 13.0 Å². The lowest BCUT2D eigenvalue weighted by atomic mass is 10.3. The monoisotopic (exact) mass is 215 g/mol. The Kier molecular flexibility index (Phi) is 7.62. The van der Waals surface area contributed by atoms with Crippen LogP contribution in [0.25, 0.3) is 0 Å². The number of hydrogen-bond donors (Lipinski definition) is 2. The van der Waals surface area contributed by atoms with Crippen molar-refractivity contribution in [1.29, 1.82) is 0 Å². The molecule has 0 fully saturated rings. The van der Waals surface area contributed by atoms with Gasteiger partial charge in [0.1, 0.15) is 0 Å². The molecular weight excluding hydrogens is 194 g/mol. The number of nitrogens with one attached hydrogen (secondary N) is 2. The fourth-order valence-corrected chi connectivity index (χ4v) is 1.16. The maximum absolute atomic E-state index is 11.5. The van der Waals surface area contributed by atoms with Crippen molar-refractivity contribution in [2.75, 3.05) is 33.7 Å². The van der Waals surface area contributed by atoms with E-state index in [0.717, 1.165) is 13.0 Å². The maximum atomic E-state index is 11.5. The van der Waals surface area contributed by atoms with Crippen molar-refractivity contribution in [3.8, 4) is 0 Å². The highest BCUT2D eigenvalue weighted by molar-refractivity contribution is 5.84. The van der Waals surface area contributed by atoms with E-state index in [2.05, 4.69) is 10.6 Å². The highest BCUT2D eigenvalue weighted by Gasteiger charge is 2.11. The lowest BCUT2D eigenvalue weighted by Crippen LogP contribution is -2.38. The van der Waals surface area contributed by atoms with E-state index in [4.69, 9.17) is 0 Å². The van der Waals surface area contributed by atoms with Crippen LogP contribution in [0.1, 0.15) is 19.8 Å². The van der Waals surface area contributed by atoms with E-state index >= 15 is 0 Å². The Morgan fingerprint density at radius 1 is 1.33 bits per heavy atom. The minimum atomic E-state index is -0.109. The molecule has 0 atom stereocenters. The van der Waals surface area contributed by atoms with Crippen molar-refractivity contribution in [3.05, 3.63) is 0 Å². The van der Waals surface area contributed by atoms with Gasteiger partial charge in [-0.25, -0.2) is 0 Å². The quantitative estimate of drug-likeness (QED) is 0.567. The number of rotatable bonds is 7. The van der Waals surface area contributed by atoms with E-state index < -0.39 is 0 Å². The topological polar surface area (TPSA) is 61.4 Å². The van der Waals surface area contributed by atoms with E-state index in [1.54, 1.807) is 7.05 Å². The molecule has 0 saturated heterocycles. The van der Waals surface area contributed by atoms with Crippen molar-refractivity contribution in [2.45, 2.75) is 19.8 Å². The van der Waals surface area contributed by atoms with Gasteiger partial charge >= 0.3 is 0 Å². The van der Waals surface area contributed by atoms with E-state index in [-0.39, 0.29) is 18.4 Å². The molecule has 0 unspecified atom stereocenters. The van der Waals surface area contributed by atoms with Gasteiger partial charge in [0.2, 0.25) is 11.8 Å². The first-order chi connectivity index (χ1) is 7.11. The Morgan fingerprint density at radius 3 is 2.53 bits per heavy atom. The smallest absolute Gasteiger partial charge is 0.239 e. The minimum absolute atomic E-state index is 0.0107. The van der Waals surface area contributed by atoms with Crippen LogP contribution in [-0.2, 0) is 9.59 Å². The number of likely N-dealkylation sites (N-methyl/N-ethyl adjacent to an activating group) is 2. The average molecular weight is 215 g/mol. The summed E-state index contributed by atoms with van der Waals surface area (Å²) < 4.78 is 0. The van der Waals surface area contributed by atoms with Crippen molar-refractivity contribution < 1.29 is 9.59 Å². The third-order valence-electron chi connectivity index (χ3n) is 2.00. The number of carbonyl (C=O) groups excluding carboxylic acids is 2. The van der Waals surface area contributed by atoms with Crippen LogP contribution in [0, 0.1) is 0 Å². The summed E-state index contributed by atoms with van der Waals surface area (Å²) in [6.07, 6.45) is 1.28. The highest BCUT2D eigenvalue weighted by atomic mass is 16.2. The number of nitrogens with zero attached hydrogens (tertiary/aromatic N) is 1. The molecule has 0 saturated carbocycles. The van der Waals surface area contributed by atoms with Crippen LogP contribution >= 0.6 is 0 Å². The normalized spacial score (nSPS) is 9.80. The molecule has 5 heteroatoms. The van der Waals surface area contributed by atoms with Gasteiger partial charge in [0.25, 0.3) is 0 Å². The summed E-state index contributed by atoms with van der Waals surface area (Å²) in [6.45, 7) is 3.42. The molecule has 5 nitrogen and oxygen atoms in total. The summed E-state index contributed by atoms with van der Waals surface area (Å²) in [5.41, 5.74) is 0. The van der Waals surface area contributed by atoms with Crippen molar-refractivity contribution in [1.82, 2.24) is 15.5 Å². The van der Waals surface area contributed by atoms with Crippen molar-refractivity contribution in [2.24, 2.45) is 0 Å². The Labute approximate surface area is 91.2 Å². The van der Waals surface area contributed by atoms with Crippen LogP contribution in [0.15, 0.2) is 0 Å². The fourth-order valence-electron chi connectivity index (χ4n) is 1.16. The van der Waals surface area contributed by atoms with Crippen LogP contribution in [0.3, 0.4) is 0 Å². The van der Waals surface area contributed by atoms with Gasteiger partial charge in [-0.05, 0) is 26.9 Å². The van der Waals surface area contributed by atoms with Crippen LogP contribution in [0.4, 0.5) is 0 Å². The summed E-state index contributed by atoms with van der Waals surface area (Å²) in [5.74, 6) is -0.0986. The zero-order valence-corrected chi connectivity index (χ0v) is 9.80. The molecule has 0 aliphatic heterocycles. The van der Waals surface area contributed by atoms with E-state index in [9.17, 15) is 9.59 Å². The van der Waals surface area contributed by atoms with Crippen molar-refractivity contribution >= 4 is 11.8 Å². The minimum Gasteiger partial charge on any atom is -0.355 e. The summed E-state index contributed by atoms with van der Waals surface area (Å²) in [5, 5.41) is 5.63. The molecule has 0 aromatic rings. The Hall–Kier alpha value is -1.10. The summed E-state index contributed by atoms with van der Waals surface area (Å²) in [6, 6.07) is 0. The van der Waals surface area contributed by atoms with Gasteiger partial charge in [0, 0.05) is 20.0 Å². The third kappa shape index (κ3) is 6.90. The molecular formula is C10H21N3O2. The zero-order chi connectivity index (χ0) is 11.7. The molecule has 2 amide bonds. The van der Waals surface area contributed by atoms with Crippen LogP contribution in [-0.4, -0.2) is 50.4 Å². The van der Waals surface area contributed by atoms with Crippen LogP contribution < -0.4 is 10.6 Å². The number of amides is 2. The molecule has 88 valence electrons. The molecule has 0 aliphatic carbocycles. The summed E-state index contributed by atoms with van der Waals surface area (Å²) >= 11 is 0. The zero-order valence-electron chi connectivity index (χ0n) is 9.80. The Balaban J connectivity index is 3.73. The second-order valence-electron chi connectivity index (χ2n) is 3.41. The number of hydrogen-bond acceptors (Lipinski definition) is 3. The second-order valence-corrected chi connectivity index (χ2v) is 3.41. The highest BCUT2D eigenvalue weighted by Crippen LogP contribution is 1.94. The maximum Gasteiger partial charge on any atom is 0.239 e. The van der Waals surface area contributed by atoms with Gasteiger partial charge < -0.3 is 15.5 Å². The predicted molar refractivity (Wildman–Crippen MR) is 59.5 cm³/mol. The molecule has 15 heavy (non-hydrogen) atoms. The molecule has 0 heterocycles. The van der Waals surface area contributed by atoms with Gasteiger partial charge in [-0.2, -0.15) is 0 Å². The summed E-state index contributed by atoms with van der Waals surface area (Å²) in [7, 11) is 3.50. The molecule has 0 radical (unpaired) electrons.